The molecule has 0 saturated heterocycles. The van der Waals surface area contributed by atoms with Crippen LogP contribution >= 0.6 is 0 Å². The molecule has 6 heteroatoms. The summed E-state index contributed by atoms with van der Waals surface area (Å²) in [5, 5.41) is 3.72. The maximum absolute atomic E-state index is 11.3. The maximum atomic E-state index is 11.3. The average molecular weight is 206 g/mol. The highest BCUT2D eigenvalue weighted by molar-refractivity contribution is 5.05. The first-order chi connectivity index (χ1) is 7.29. The molecule has 2 N–H and O–H groups in total. The van der Waals surface area contributed by atoms with Gasteiger partial charge in [-0.25, -0.2) is 9.78 Å². The summed E-state index contributed by atoms with van der Waals surface area (Å²) < 4.78 is 6.43. The van der Waals surface area contributed by atoms with Crippen LogP contribution < -0.4 is 11.4 Å². The van der Waals surface area contributed by atoms with Gasteiger partial charge < -0.3 is 10.3 Å². The van der Waals surface area contributed by atoms with Crippen LogP contribution in [-0.2, 0) is 13.1 Å². The van der Waals surface area contributed by atoms with Gasteiger partial charge in [-0.3, -0.25) is 4.57 Å². The van der Waals surface area contributed by atoms with E-state index in [1.807, 2.05) is 0 Å². The van der Waals surface area contributed by atoms with Crippen LogP contribution in [-0.4, -0.2) is 14.7 Å². The molecule has 0 atom stereocenters. The highest BCUT2D eigenvalue weighted by atomic mass is 16.5. The van der Waals surface area contributed by atoms with E-state index in [9.17, 15) is 4.79 Å². The Hall–Kier alpha value is -1.95. The van der Waals surface area contributed by atoms with Gasteiger partial charge in [0.2, 0.25) is 0 Å². The van der Waals surface area contributed by atoms with Gasteiger partial charge in [0.15, 0.2) is 5.76 Å². The van der Waals surface area contributed by atoms with Crippen molar-refractivity contribution < 1.29 is 4.52 Å². The fourth-order valence-electron chi connectivity index (χ4n) is 1.20. The van der Waals surface area contributed by atoms with Crippen LogP contribution in [0.5, 0.6) is 0 Å². The molecule has 0 aromatic carbocycles. The van der Waals surface area contributed by atoms with Gasteiger partial charge in [0, 0.05) is 25.0 Å². The first-order valence-corrected chi connectivity index (χ1v) is 4.45. The molecule has 0 radical (unpaired) electrons. The Balaban J connectivity index is 2.22. The van der Waals surface area contributed by atoms with Crippen molar-refractivity contribution >= 4 is 0 Å². The van der Waals surface area contributed by atoms with E-state index in [0.717, 1.165) is 0 Å². The SMILES string of the molecule is NCc1cc(Cn2cccnc2=O)on1. The van der Waals surface area contributed by atoms with Crippen LogP contribution in [0.3, 0.4) is 0 Å². The lowest BCUT2D eigenvalue weighted by molar-refractivity contribution is 0.369. The zero-order valence-corrected chi connectivity index (χ0v) is 7.96. The van der Waals surface area contributed by atoms with Crippen molar-refractivity contribution in [3.05, 3.63) is 46.5 Å². The van der Waals surface area contributed by atoms with Crippen LogP contribution in [0.4, 0.5) is 0 Å². The fourth-order valence-corrected chi connectivity index (χ4v) is 1.20. The Morgan fingerprint density at radius 2 is 2.40 bits per heavy atom. The van der Waals surface area contributed by atoms with Gasteiger partial charge in [0.1, 0.15) is 0 Å². The molecule has 0 aliphatic heterocycles. The quantitative estimate of drug-likeness (QED) is 0.747. The molecule has 2 heterocycles. The third-order valence-corrected chi connectivity index (χ3v) is 1.93. The molecule has 0 amide bonds. The summed E-state index contributed by atoms with van der Waals surface area (Å²) in [4.78, 5) is 14.9. The van der Waals surface area contributed by atoms with Gasteiger partial charge >= 0.3 is 5.69 Å². The van der Waals surface area contributed by atoms with Gasteiger partial charge in [-0.15, -0.1) is 0 Å². The minimum Gasteiger partial charge on any atom is -0.359 e. The van der Waals surface area contributed by atoms with Crippen LogP contribution in [0.25, 0.3) is 0 Å². The first kappa shape index (κ1) is 9.60. The summed E-state index contributed by atoms with van der Waals surface area (Å²) in [5.74, 6) is 0.588. The summed E-state index contributed by atoms with van der Waals surface area (Å²) in [6.07, 6.45) is 3.09. The van der Waals surface area contributed by atoms with Gasteiger partial charge in [-0.05, 0) is 6.07 Å². The molecular weight excluding hydrogens is 196 g/mol. The van der Waals surface area contributed by atoms with Gasteiger partial charge in [0.25, 0.3) is 0 Å². The summed E-state index contributed by atoms with van der Waals surface area (Å²) in [5.41, 5.74) is 5.74. The average Bonchev–Trinajstić information content (AvgIpc) is 2.69. The molecule has 78 valence electrons. The summed E-state index contributed by atoms with van der Waals surface area (Å²) in [6, 6.07) is 3.40. The van der Waals surface area contributed by atoms with Crippen molar-refractivity contribution in [1.82, 2.24) is 14.7 Å². The minimum absolute atomic E-state index is 0.316. The molecule has 6 nitrogen and oxygen atoms in total. The molecular formula is C9H10N4O2. The molecule has 0 unspecified atom stereocenters. The van der Waals surface area contributed by atoms with Crippen molar-refractivity contribution in [2.75, 3.05) is 0 Å². The third kappa shape index (κ3) is 2.10. The molecule has 2 aromatic rings. The van der Waals surface area contributed by atoms with E-state index in [1.54, 1.807) is 18.3 Å². The van der Waals surface area contributed by atoms with Crippen LogP contribution in [0.2, 0.25) is 0 Å². The smallest absolute Gasteiger partial charge is 0.347 e. The molecule has 0 spiro atoms. The normalized spacial score (nSPS) is 10.5. The summed E-state index contributed by atoms with van der Waals surface area (Å²) >= 11 is 0. The maximum Gasteiger partial charge on any atom is 0.347 e. The number of hydrogen-bond acceptors (Lipinski definition) is 5. The second-order valence-corrected chi connectivity index (χ2v) is 3.02. The highest BCUT2D eigenvalue weighted by Gasteiger charge is 2.04. The monoisotopic (exact) mass is 206 g/mol. The molecule has 0 aliphatic carbocycles. The van der Waals surface area contributed by atoms with Crippen molar-refractivity contribution in [3.8, 4) is 0 Å². The highest BCUT2D eigenvalue weighted by Crippen LogP contribution is 2.03. The molecule has 0 fully saturated rings. The molecule has 2 aromatic heterocycles. The lowest BCUT2D eigenvalue weighted by Crippen LogP contribution is -2.21. The Kier molecular flexibility index (Phi) is 2.59. The standard InChI is InChI=1S/C9H10N4O2/c10-5-7-4-8(15-12-7)6-13-3-1-2-11-9(13)14/h1-4H,5-6,10H2. The van der Waals surface area contributed by atoms with E-state index in [2.05, 4.69) is 10.1 Å². The van der Waals surface area contributed by atoms with Crippen molar-refractivity contribution in [2.24, 2.45) is 5.73 Å². The van der Waals surface area contributed by atoms with Gasteiger partial charge in [0.05, 0.1) is 12.2 Å². The Morgan fingerprint density at radius 1 is 1.53 bits per heavy atom. The second-order valence-electron chi connectivity index (χ2n) is 3.02. The number of hydrogen-bond donors (Lipinski definition) is 1. The lowest BCUT2D eigenvalue weighted by Gasteiger charge is -1.98. The van der Waals surface area contributed by atoms with Crippen LogP contribution in [0, 0.1) is 0 Å². The van der Waals surface area contributed by atoms with Crippen molar-refractivity contribution in [3.63, 3.8) is 0 Å². The van der Waals surface area contributed by atoms with E-state index in [1.165, 1.54) is 10.8 Å². The Bertz CT molecular complexity index is 503. The van der Waals surface area contributed by atoms with E-state index in [-0.39, 0.29) is 5.69 Å². The number of aromatic nitrogens is 3. The Labute approximate surface area is 85.3 Å². The number of nitrogens with two attached hydrogens (primary N) is 1. The zero-order chi connectivity index (χ0) is 10.7. The van der Waals surface area contributed by atoms with Gasteiger partial charge in [-0.1, -0.05) is 5.16 Å². The first-order valence-electron chi connectivity index (χ1n) is 4.45. The largest absolute Gasteiger partial charge is 0.359 e. The number of nitrogens with zero attached hydrogens (tertiary/aromatic N) is 3. The molecule has 0 bridgehead atoms. The lowest BCUT2D eigenvalue weighted by atomic mass is 10.3. The van der Waals surface area contributed by atoms with E-state index in [4.69, 9.17) is 10.3 Å². The molecule has 0 aliphatic rings. The molecule has 2 rings (SSSR count). The molecule has 0 saturated carbocycles. The fraction of sp³-hybridized carbons (Fsp3) is 0.222. The Morgan fingerprint density at radius 3 is 3.07 bits per heavy atom. The predicted molar refractivity (Wildman–Crippen MR) is 52.0 cm³/mol. The number of rotatable bonds is 3. The third-order valence-electron chi connectivity index (χ3n) is 1.93. The second kappa shape index (κ2) is 4.05. The topological polar surface area (TPSA) is 86.9 Å². The summed E-state index contributed by atoms with van der Waals surface area (Å²) in [6.45, 7) is 0.644. The van der Waals surface area contributed by atoms with E-state index >= 15 is 0 Å². The van der Waals surface area contributed by atoms with Crippen LogP contribution in [0.1, 0.15) is 11.5 Å². The van der Waals surface area contributed by atoms with Crippen molar-refractivity contribution in [2.45, 2.75) is 13.1 Å². The van der Waals surface area contributed by atoms with E-state index in [0.29, 0.717) is 24.5 Å². The van der Waals surface area contributed by atoms with Crippen LogP contribution in [0.15, 0.2) is 33.8 Å². The molecule has 15 heavy (non-hydrogen) atoms. The van der Waals surface area contributed by atoms with Gasteiger partial charge in [-0.2, -0.15) is 0 Å². The zero-order valence-electron chi connectivity index (χ0n) is 7.96. The van der Waals surface area contributed by atoms with Crippen molar-refractivity contribution in [1.29, 1.82) is 0 Å². The van der Waals surface area contributed by atoms with E-state index < -0.39 is 0 Å². The minimum atomic E-state index is -0.316. The summed E-state index contributed by atoms with van der Waals surface area (Å²) in [7, 11) is 0. The predicted octanol–water partition coefficient (Wildman–Crippen LogP) is -0.262.